The fraction of sp³-hybridized carbons (Fsp3) is 0.571. The summed E-state index contributed by atoms with van der Waals surface area (Å²) >= 11 is 0. The molecule has 0 spiro atoms. The number of amides is 1. The van der Waals surface area contributed by atoms with Gasteiger partial charge in [-0.25, -0.2) is 0 Å². The number of carbonyl (C=O) groups is 1. The molecule has 0 bridgehead atoms. The molecule has 4 heteroatoms. The van der Waals surface area contributed by atoms with Crippen molar-refractivity contribution in [3.05, 3.63) is 29.6 Å². The summed E-state index contributed by atoms with van der Waals surface area (Å²) in [7, 11) is 0. The molecule has 18 heavy (non-hydrogen) atoms. The van der Waals surface area contributed by atoms with E-state index in [4.69, 9.17) is 0 Å². The van der Waals surface area contributed by atoms with Crippen LogP contribution >= 0.6 is 0 Å². The van der Waals surface area contributed by atoms with Gasteiger partial charge in [-0.3, -0.25) is 9.78 Å². The lowest BCUT2D eigenvalue weighted by atomic mass is 9.85. The predicted molar refractivity (Wildman–Crippen MR) is 69.3 cm³/mol. The van der Waals surface area contributed by atoms with Gasteiger partial charge in [0.2, 0.25) is 0 Å². The molecule has 1 fully saturated rings. The molecule has 0 radical (unpaired) electrons. The van der Waals surface area contributed by atoms with Gasteiger partial charge in [0, 0.05) is 18.4 Å². The molecule has 0 saturated heterocycles. The van der Waals surface area contributed by atoms with Gasteiger partial charge in [0.05, 0.1) is 11.2 Å². The number of hydrogen-bond acceptors (Lipinski definition) is 3. The number of carbonyl (C=O) groups excluding carboxylic acids is 1. The second kappa shape index (κ2) is 5.48. The van der Waals surface area contributed by atoms with E-state index in [0.717, 1.165) is 25.7 Å². The molecule has 4 nitrogen and oxygen atoms in total. The van der Waals surface area contributed by atoms with Gasteiger partial charge in [-0.1, -0.05) is 19.3 Å². The average molecular weight is 248 g/mol. The predicted octanol–water partition coefficient (Wildman–Crippen LogP) is 1.82. The van der Waals surface area contributed by atoms with Gasteiger partial charge in [0.15, 0.2) is 0 Å². The fourth-order valence-corrected chi connectivity index (χ4v) is 2.45. The van der Waals surface area contributed by atoms with Crippen LogP contribution in [0.25, 0.3) is 0 Å². The summed E-state index contributed by atoms with van der Waals surface area (Å²) in [5.74, 6) is -0.153. The highest BCUT2D eigenvalue weighted by Crippen LogP contribution is 2.27. The molecule has 1 aliphatic rings. The molecule has 1 heterocycles. The third-order valence-electron chi connectivity index (χ3n) is 3.61. The molecule has 0 atom stereocenters. The molecular formula is C14H20N2O2. The van der Waals surface area contributed by atoms with E-state index in [-0.39, 0.29) is 5.91 Å². The Morgan fingerprint density at radius 2 is 2.17 bits per heavy atom. The Balaban J connectivity index is 1.94. The zero-order chi connectivity index (χ0) is 13.0. The Bertz CT molecular complexity index is 426. The van der Waals surface area contributed by atoms with Crippen molar-refractivity contribution in [3.63, 3.8) is 0 Å². The van der Waals surface area contributed by atoms with Crippen LogP contribution in [0.4, 0.5) is 0 Å². The number of aromatic nitrogens is 1. The van der Waals surface area contributed by atoms with Crippen LogP contribution in [-0.4, -0.2) is 28.1 Å². The van der Waals surface area contributed by atoms with Gasteiger partial charge in [0.1, 0.15) is 0 Å². The zero-order valence-corrected chi connectivity index (χ0v) is 10.8. The Hall–Kier alpha value is -1.42. The molecule has 2 rings (SSSR count). The van der Waals surface area contributed by atoms with Crippen molar-refractivity contribution in [2.45, 2.75) is 44.6 Å². The first-order chi connectivity index (χ1) is 8.61. The summed E-state index contributed by atoms with van der Waals surface area (Å²) in [6, 6.07) is 3.50. The minimum atomic E-state index is -0.718. The first-order valence-electron chi connectivity index (χ1n) is 6.53. The van der Waals surface area contributed by atoms with Crippen LogP contribution in [0.15, 0.2) is 18.3 Å². The first kappa shape index (κ1) is 13.0. The van der Waals surface area contributed by atoms with E-state index in [9.17, 15) is 9.90 Å². The quantitative estimate of drug-likeness (QED) is 0.857. The highest BCUT2D eigenvalue weighted by molar-refractivity contribution is 5.95. The Morgan fingerprint density at radius 1 is 1.44 bits per heavy atom. The smallest absolute Gasteiger partial charge is 0.253 e. The minimum absolute atomic E-state index is 0.153. The van der Waals surface area contributed by atoms with Crippen molar-refractivity contribution in [1.29, 1.82) is 0 Å². The van der Waals surface area contributed by atoms with Crippen molar-refractivity contribution in [1.82, 2.24) is 10.3 Å². The van der Waals surface area contributed by atoms with E-state index in [2.05, 4.69) is 10.3 Å². The summed E-state index contributed by atoms with van der Waals surface area (Å²) in [4.78, 5) is 16.1. The molecule has 1 aromatic rings. The molecule has 0 aromatic carbocycles. The fourth-order valence-electron chi connectivity index (χ4n) is 2.45. The molecule has 1 aromatic heterocycles. The molecule has 98 valence electrons. The van der Waals surface area contributed by atoms with Gasteiger partial charge in [0.25, 0.3) is 5.91 Å². The largest absolute Gasteiger partial charge is 0.388 e. The van der Waals surface area contributed by atoms with E-state index < -0.39 is 5.60 Å². The Kier molecular flexibility index (Phi) is 3.97. The second-order valence-electron chi connectivity index (χ2n) is 5.10. The number of pyridine rings is 1. The highest BCUT2D eigenvalue weighted by atomic mass is 16.3. The summed E-state index contributed by atoms with van der Waals surface area (Å²) in [5, 5.41) is 13.1. The molecule has 2 N–H and O–H groups in total. The summed E-state index contributed by atoms with van der Waals surface area (Å²) in [6.07, 6.45) is 6.48. The molecule has 1 aliphatic carbocycles. The van der Waals surface area contributed by atoms with Crippen LogP contribution < -0.4 is 5.32 Å². The van der Waals surface area contributed by atoms with Gasteiger partial charge < -0.3 is 10.4 Å². The van der Waals surface area contributed by atoms with Gasteiger partial charge in [-0.15, -0.1) is 0 Å². The van der Waals surface area contributed by atoms with Crippen molar-refractivity contribution in [2.24, 2.45) is 0 Å². The van der Waals surface area contributed by atoms with Crippen LogP contribution in [0, 0.1) is 6.92 Å². The third kappa shape index (κ3) is 3.07. The minimum Gasteiger partial charge on any atom is -0.388 e. The monoisotopic (exact) mass is 248 g/mol. The van der Waals surface area contributed by atoms with E-state index in [1.807, 2.05) is 6.92 Å². The number of nitrogens with zero attached hydrogens (tertiary/aromatic N) is 1. The number of hydrogen-bond donors (Lipinski definition) is 2. The highest BCUT2D eigenvalue weighted by Gasteiger charge is 2.29. The molecule has 1 amide bonds. The maximum Gasteiger partial charge on any atom is 0.253 e. The van der Waals surface area contributed by atoms with Crippen LogP contribution in [0.5, 0.6) is 0 Å². The zero-order valence-electron chi connectivity index (χ0n) is 10.8. The maximum atomic E-state index is 12.0. The number of aliphatic hydroxyl groups is 1. The second-order valence-corrected chi connectivity index (χ2v) is 5.10. The van der Waals surface area contributed by atoms with Crippen molar-refractivity contribution in [2.75, 3.05) is 6.54 Å². The molecular weight excluding hydrogens is 228 g/mol. The third-order valence-corrected chi connectivity index (χ3v) is 3.61. The Morgan fingerprint density at radius 3 is 2.83 bits per heavy atom. The standard InChI is InChI=1S/C14H20N2O2/c1-11-12(6-5-9-15-11)13(17)16-10-14(18)7-3-2-4-8-14/h5-6,9,18H,2-4,7-8,10H2,1H3,(H,16,17). The van der Waals surface area contributed by atoms with Crippen molar-refractivity contribution < 1.29 is 9.90 Å². The van der Waals surface area contributed by atoms with Gasteiger partial charge in [-0.2, -0.15) is 0 Å². The lowest BCUT2D eigenvalue weighted by molar-refractivity contribution is 0.00524. The number of aryl methyl sites for hydroxylation is 1. The molecule has 0 unspecified atom stereocenters. The SMILES string of the molecule is Cc1ncccc1C(=O)NCC1(O)CCCCC1. The van der Waals surface area contributed by atoms with E-state index in [1.54, 1.807) is 18.3 Å². The summed E-state index contributed by atoms with van der Waals surface area (Å²) in [5.41, 5.74) is 0.576. The first-order valence-corrected chi connectivity index (χ1v) is 6.53. The van der Waals surface area contributed by atoms with Gasteiger partial charge >= 0.3 is 0 Å². The number of rotatable bonds is 3. The van der Waals surface area contributed by atoms with Gasteiger partial charge in [-0.05, 0) is 31.9 Å². The number of nitrogens with one attached hydrogen (secondary N) is 1. The van der Waals surface area contributed by atoms with E-state index in [0.29, 0.717) is 17.8 Å². The maximum absolute atomic E-state index is 12.0. The summed E-state index contributed by atoms with van der Waals surface area (Å²) < 4.78 is 0. The Labute approximate surface area is 107 Å². The van der Waals surface area contributed by atoms with E-state index >= 15 is 0 Å². The average Bonchev–Trinajstić information content (AvgIpc) is 2.38. The van der Waals surface area contributed by atoms with Crippen molar-refractivity contribution >= 4 is 5.91 Å². The lowest BCUT2D eigenvalue weighted by Crippen LogP contribution is -2.44. The van der Waals surface area contributed by atoms with Crippen molar-refractivity contribution in [3.8, 4) is 0 Å². The van der Waals surface area contributed by atoms with Crippen LogP contribution in [0.2, 0.25) is 0 Å². The van der Waals surface area contributed by atoms with Crippen LogP contribution in [0.3, 0.4) is 0 Å². The molecule has 0 aliphatic heterocycles. The molecule has 1 saturated carbocycles. The summed E-state index contributed by atoms with van der Waals surface area (Å²) in [6.45, 7) is 2.14. The lowest BCUT2D eigenvalue weighted by Gasteiger charge is -2.32. The van der Waals surface area contributed by atoms with Crippen LogP contribution in [-0.2, 0) is 0 Å². The van der Waals surface area contributed by atoms with E-state index in [1.165, 1.54) is 6.42 Å². The topological polar surface area (TPSA) is 62.2 Å². The normalized spacial score (nSPS) is 18.3. The van der Waals surface area contributed by atoms with Crippen LogP contribution in [0.1, 0.15) is 48.2 Å².